The minimum atomic E-state index is -3.92. The zero-order valence-electron chi connectivity index (χ0n) is 16.1. The number of benzene rings is 2. The molecule has 166 valence electrons. The highest BCUT2D eigenvalue weighted by Gasteiger charge is 2.19. The van der Waals surface area contributed by atoms with E-state index in [1.54, 1.807) is 0 Å². The molecule has 2 aromatic carbocycles. The summed E-state index contributed by atoms with van der Waals surface area (Å²) >= 11 is 0. The summed E-state index contributed by atoms with van der Waals surface area (Å²) in [4.78, 5) is -0.297. The van der Waals surface area contributed by atoms with Gasteiger partial charge in [-0.05, 0) is 55.3 Å². The largest absolute Gasteiger partial charge is 0.507 e. The highest BCUT2D eigenvalue weighted by molar-refractivity contribution is 7.89. The number of hydrogen-bond donors (Lipinski definition) is 5. The molecule has 2 aromatic rings. The number of phenolic OH excluding ortho intramolecular Hbond substituents is 1. The predicted molar refractivity (Wildman–Crippen MR) is 121 cm³/mol. The molecule has 3 rings (SSSR count). The molecule has 8 nitrogen and oxygen atoms in total. The van der Waals surface area contributed by atoms with E-state index in [4.69, 9.17) is 15.9 Å². The van der Waals surface area contributed by atoms with Crippen LogP contribution in [-0.4, -0.2) is 45.1 Å². The smallest absolute Gasteiger partial charge is 0.244 e. The molecule has 0 bridgehead atoms. The molecular weight excluding hydrogens is 451 g/mol. The van der Waals surface area contributed by atoms with Crippen LogP contribution in [0.25, 0.3) is 0 Å². The number of phenols is 1. The monoisotopic (exact) mass is 476 g/mol. The van der Waals surface area contributed by atoms with Gasteiger partial charge in [0.1, 0.15) is 28.3 Å². The molecule has 0 amide bonds. The van der Waals surface area contributed by atoms with Crippen molar-refractivity contribution in [2.45, 2.75) is 23.8 Å². The van der Waals surface area contributed by atoms with E-state index in [0.29, 0.717) is 6.42 Å². The second-order valence-corrected chi connectivity index (χ2v) is 8.36. The van der Waals surface area contributed by atoms with Gasteiger partial charge in [0.25, 0.3) is 0 Å². The molecule has 11 heteroatoms. The van der Waals surface area contributed by atoms with Crippen molar-refractivity contribution in [3.8, 4) is 11.5 Å². The fraction of sp³-hybridized carbons (Fsp3) is 0.316. The summed E-state index contributed by atoms with van der Waals surface area (Å²) in [5, 5.41) is 20.5. The summed E-state index contributed by atoms with van der Waals surface area (Å²) in [7, 11) is -3.92. The number of nitrogens with two attached hydrogens (primary N) is 1. The van der Waals surface area contributed by atoms with Gasteiger partial charge in [0.15, 0.2) is 0 Å². The van der Waals surface area contributed by atoms with E-state index < -0.39 is 10.0 Å². The first-order valence-corrected chi connectivity index (χ1v) is 10.5. The van der Waals surface area contributed by atoms with Crippen molar-refractivity contribution in [1.82, 2.24) is 10.0 Å². The van der Waals surface area contributed by atoms with Crippen molar-refractivity contribution < 1.29 is 18.3 Å². The average Bonchev–Trinajstić information content (AvgIpc) is 3.16. The van der Waals surface area contributed by atoms with E-state index in [-0.39, 0.29) is 59.5 Å². The van der Waals surface area contributed by atoms with Gasteiger partial charge in [-0.1, -0.05) is 12.1 Å². The van der Waals surface area contributed by atoms with E-state index in [0.717, 1.165) is 30.8 Å². The maximum atomic E-state index is 12.5. The van der Waals surface area contributed by atoms with Crippen LogP contribution in [0.1, 0.15) is 17.5 Å². The Morgan fingerprint density at radius 1 is 1.23 bits per heavy atom. The average molecular weight is 477 g/mol. The SMILES string of the molecule is Cl.Cl.N=C(N)c1ccc(O)c(S(=O)(=O)NCCc2ccc(O[C@H]3CCNC3)cc2)c1. The van der Waals surface area contributed by atoms with E-state index in [1.165, 1.54) is 18.2 Å². The zero-order valence-corrected chi connectivity index (χ0v) is 18.6. The van der Waals surface area contributed by atoms with E-state index >= 15 is 0 Å². The van der Waals surface area contributed by atoms with Crippen LogP contribution in [-0.2, 0) is 16.4 Å². The Kier molecular flexibility index (Phi) is 9.86. The number of amidine groups is 1. The minimum Gasteiger partial charge on any atom is -0.507 e. The van der Waals surface area contributed by atoms with E-state index in [1.807, 2.05) is 24.3 Å². The van der Waals surface area contributed by atoms with Crippen LogP contribution >= 0.6 is 24.8 Å². The van der Waals surface area contributed by atoms with Crippen molar-refractivity contribution in [2.75, 3.05) is 19.6 Å². The molecule has 1 heterocycles. The number of aromatic hydroxyl groups is 1. The van der Waals surface area contributed by atoms with Crippen molar-refractivity contribution in [1.29, 1.82) is 5.41 Å². The highest BCUT2D eigenvalue weighted by atomic mass is 35.5. The van der Waals surface area contributed by atoms with Gasteiger partial charge in [0.05, 0.1) is 0 Å². The van der Waals surface area contributed by atoms with Crippen LogP contribution in [0, 0.1) is 5.41 Å². The third-order valence-corrected chi connectivity index (χ3v) is 6.00. The van der Waals surface area contributed by atoms with Crippen LogP contribution in [0.15, 0.2) is 47.4 Å². The van der Waals surface area contributed by atoms with Gasteiger partial charge < -0.3 is 20.9 Å². The number of sulfonamides is 1. The van der Waals surface area contributed by atoms with Gasteiger partial charge in [-0.3, -0.25) is 5.41 Å². The molecular formula is C19H26Cl2N4O4S. The summed E-state index contributed by atoms with van der Waals surface area (Å²) in [5.74, 6) is 0.136. The molecule has 1 aliphatic rings. The number of halogens is 2. The topological polar surface area (TPSA) is 138 Å². The predicted octanol–water partition coefficient (Wildman–Crippen LogP) is 1.78. The number of nitrogens with one attached hydrogen (secondary N) is 3. The number of rotatable bonds is 8. The summed E-state index contributed by atoms with van der Waals surface area (Å²) in [6, 6.07) is 11.4. The lowest BCUT2D eigenvalue weighted by atomic mass is 10.1. The van der Waals surface area contributed by atoms with E-state index in [2.05, 4.69) is 10.0 Å². The summed E-state index contributed by atoms with van der Waals surface area (Å²) in [6.07, 6.45) is 1.66. The Labute approximate surface area is 188 Å². The normalized spacial score (nSPS) is 15.7. The van der Waals surface area contributed by atoms with Crippen molar-refractivity contribution in [3.63, 3.8) is 0 Å². The van der Waals surface area contributed by atoms with Crippen molar-refractivity contribution in [3.05, 3.63) is 53.6 Å². The molecule has 0 saturated carbocycles. The molecule has 1 fully saturated rings. The maximum Gasteiger partial charge on any atom is 0.244 e. The number of ether oxygens (including phenoxy) is 1. The molecule has 0 spiro atoms. The van der Waals surface area contributed by atoms with Crippen molar-refractivity contribution >= 4 is 40.7 Å². The van der Waals surface area contributed by atoms with Gasteiger partial charge in [-0.25, -0.2) is 13.1 Å². The Hall–Kier alpha value is -2.04. The minimum absolute atomic E-state index is 0. The molecule has 0 unspecified atom stereocenters. The molecule has 1 aliphatic heterocycles. The molecule has 6 N–H and O–H groups in total. The fourth-order valence-corrected chi connectivity index (χ4v) is 4.11. The van der Waals surface area contributed by atoms with Crippen molar-refractivity contribution in [2.24, 2.45) is 5.73 Å². The summed E-state index contributed by atoms with van der Waals surface area (Å²) in [6.45, 7) is 1.98. The number of nitrogen functional groups attached to an aromatic ring is 1. The second kappa shape index (κ2) is 11.4. The first kappa shape index (κ1) is 26.0. The molecule has 1 saturated heterocycles. The maximum absolute atomic E-state index is 12.5. The van der Waals surface area contributed by atoms with Gasteiger partial charge in [0.2, 0.25) is 10.0 Å². The molecule has 30 heavy (non-hydrogen) atoms. The lowest BCUT2D eigenvalue weighted by Crippen LogP contribution is -2.26. The van der Waals surface area contributed by atoms with Crippen LogP contribution in [0.3, 0.4) is 0 Å². The van der Waals surface area contributed by atoms with Crippen LogP contribution in [0.4, 0.5) is 0 Å². The first-order chi connectivity index (χ1) is 13.3. The Morgan fingerprint density at radius 2 is 1.93 bits per heavy atom. The van der Waals surface area contributed by atoms with Crippen LogP contribution < -0.4 is 20.5 Å². The summed E-state index contributed by atoms with van der Waals surface area (Å²) < 4.78 is 33.2. The van der Waals surface area contributed by atoms with Crippen LogP contribution in [0.2, 0.25) is 0 Å². The Balaban J connectivity index is 0.00000225. The molecule has 0 aromatic heterocycles. The Morgan fingerprint density at radius 3 is 2.53 bits per heavy atom. The molecule has 0 radical (unpaired) electrons. The van der Waals surface area contributed by atoms with Gasteiger partial charge in [0, 0.05) is 18.7 Å². The molecule has 0 aliphatic carbocycles. The van der Waals surface area contributed by atoms with Gasteiger partial charge >= 0.3 is 0 Å². The fourth-order valence-electron chi connectivity index (χ4n) is 2.96. The zero-order chi connectivity index (χ0) is 20.1. The quantitative estimate of drug-likeness (QED) is 0.290. The number of hydrogen-bond acceptors (Lipinski definition) is 6. The standard InChI is InChI=1S/C19H24N4O4S.2ClH/c20-19(21)14-3-6-17(24)18(11-14)28(25,26)23-10-7-13-1-4-15(5-2-13)27-16-8-9-22-12-16;;/h1-6,11,16,22-24H,7-10,12H2,(H3,20,21);2*1H/t16-;;/m0../s1. The van der Waals surface area contributed by atoms with Gasteiger partial charge in [-0.2, -0.15) is 0 Å². The third kappa shape index (κ3) is 6.75. The summed E-state index contributed by atoms with van der Waals surface area (Å²) in [5.41, 5.74) is 6.58. The third-order valence-electron chi connectivity index (χ3n) is 4.51. The lowest BCUT2D eigenvalue weighted by Gasteiger charge is -2.13. The van der Waals surface area contributed by atoms with Crippen LogP contribution in [0.5, 0.6) is 11.5 Å². The molecule has 1 atom stereocenters. The Bertz CT molecular complexity index is 950. The highest BCUT2D eigenvalue weighted by Crippen LogP contribution is 2.23. The second-order valence-electron chi connectivity index (χ2n) is 6.62. The van der Waals surface area contributed by atoms with Gasteiger partial charge in [-0.15, -0.1) is 24.8 Å². The van der Waals surface area contributed by atoms with E-state index in [9.17, 15) is 13.5 Å². The lowest BCUT2D eigenvalue weighted by molar-refractivity contribution is 0.223. The first-order valence-electron chi connectivity index (χ1n) is 8.98.